The predicted octanol–water partition coefficient (Wildman–Crippen LogP) is 1.66. The van der Waals surface area contributed by atoms with Crippen LogP contribution in [0.1, 0.15) is 33.6 Å². The van der Waals surface area contributed by atoms with Gasteiger partial charge < -0.3 is 9.80 Å². The lowest BCUT2D eigenvalue weighted by molar-refractivity contribution is -0.187. The summed E-state index contributed by atoms with van der Waals surface area (Å²) < 4.78 is 37.7. The first-order valence-electron chi connectivity index (χ1n) is 10.7. The number of hydrogen-bond acceptors (Lipinski definition) is 4. The summed E-state index contributed by atoms with van der Waals surface area (Å²) in [5, 5.41) is 0. The Morgan fingerprint density at radius 2 is 1.38 bits per heavy atom. The maximum absolute atomic E-state index is 12.8. The van der Waals surface area contributed by atoms with Gasteiger partial charge in [0.15, 0.2) is 0 Å². The molecule has 3 aliphatic rings. The van der Waals surface area contributed by atoms with Crippen molar-refractivity contribution in [2.24, 2.45) is 11.8 Å². The number of carbonyl (C=O) groups is 2. The zero-order valence-electron chi connectivity index (χ0n) is 17.6. The lowest BCUT2D eigenvalue weighted by Gasteiger charge is -2.38. The van der Waals surface area contributed by atoms with E-state index in [2.05, 4.69) is 30.6 Å². The molecule has 2 saturated heterocycles. The highest BCUT2D eigenvalue weighted by Gasteiger charge is 2.47. The van der Waals surface area contributed by atoms with Crippen LogP contribution in [0.15, 0.2) is 0 Å². The molecule has 166 valence electrons. The molecule has 3 rings (SSSR count). The van der Waals surface area contributed by atoms with Gasteiger partial charge in [0.05, 0.1) is 0 Å². The van der Waals surface area contributed by atoms with E-state index in [1.54, 1.807) is 0 Å². The first kappa shape index (κ1) is 22.3. The molecule has 3 fully saturated rings. The van der Waals surface area contributed by atoms with Crippen LogP contribution in [0, 0.1) is 11.8 Å². The SMILES string of the molecule is CC(C)N1CCN(C(=O)C2CC2CC(C)N2CCN(C(=O)C(F)(F)F)CC2)CC1. The summed E-state index contributed by atoms with van der Waals surface area (Å²) >= 11 is 0. The number of piperazine rings is 2. The smallest absolute Gasteiger partial charge is 0.340 e. The highest BCUT2D eigenvalue weighted by atomic mass is 19.4. The fourth-order valence-corrected chi connectivity index (χ4v) is 4.64. The molecule has 0 aromatic carbocycles. The third-order valence-electron chi connectivity index (χ3n) is 6.71. The second kappa shape index (κ2) is 8.79. The van der Waals surface area contributed by atoms with Crippen LogP contribution in [0.4, 0.5) is 13.2 Å². The highest BCUT2D eigenvalue weighted by Crippen LogP contribution is 2.44. The summed E-state index contributed by atoms with van der Waals surface area (Å²) in [5.74, 6) is -0.993. The van der Waals surface area contributed by atoms with E-state index in [4.69, 9.17) is 0 Å². The maximum atomic E-state index is 12.8. The Balaban J connectivity index is 1.39. The van der Waals surface area contributed by atoms with Crippen molar-refractivity contribution in [3.63, 3.8) is 0 Å². The molecule has 3 unspecified atom stereocenters. The van der Waals surface area contributed by atoms with Crippen molar-refractivity contribution in [3.8, 4) is 0 Å². The van der Waals surface area contributed by atoms with Gasteiger partial charge in [-0.25, -0.2) is 0 Å². The number of alkyl halides is 3. The van der Waals surface area contributed by atoms with Crippen molar-refractivity contribution < 1.29 is 22.8 Å². The molecular formula is C20H33F3N4O2. The minimum absolute atomic E-state index is 0.107. The van der Waals surface area contributed by atoms with E-state index in [0.717, 1.165) is 43.9 Å². The molecule has 0 bridgehead atoms. The van der Waals surface area contributed by atoms with Crippen molar-refractivity contribution in [2.75, 3.05) is 52.4 Å². The first-order chi connectivity index (χ1) is 13.6. The van der Waals surface area contributed by atoms with Crippen molar-refractivity contribution in [3.05, 3.63) is 0 Å². The zero-order chi connectivity index (χ0) is 21.3. The molecule has 9 heteroatoms. The predicted molar refractivity (Wildman–Crippen MR) is 103 cm³/mol. The van der Waals surface area contributed by atoms with E-state index in [1.807, 2.05) is 4.90 Å². The molecule has 2 heterocycles. The Bertz CT molecular complexity index is 597. The summed E-state index contributed by atoms with van der Waals surface area (Å²) in [4.78, 5) is 31.5. The van der Waals surface area contributed by atoms with Gasteiger partial charge in [-0.05, 0) is 39.5 Å². The standard InChI is InChI=1S/C20H33F3N4O2/c1-14(2)24-4-8-26(9-5-24)18(28)17-13-16(17)12-15(3)25-6-10-27(11-7-25)19(29)20(21,22)23/h14-17H,4-13H2,1-3H3. The summed E-state index contributed by atoms with van der Waals surface area (Å²) in [7, 11) is 0. The third-order valence-corrected chi connectivity index (χ3v) is 6.71. The Morgan fingerprint density at radius 3 is 1.90 bits per heavy atom. The molecule has 6 nitrogen and oxygen atoms in total. The molecule has 1 aliphatic carbocycles. The van der Waals surface area contributed by atoms with Gasteiger partial charge in [0.1, 0.15) is 0 Å². The first-order valence-corrected chi connectivity index (χ1v) is 10.7. The van der Waals surface area contributed by atoms with Gasteiger partial charge in [-0.2, -0.15) is 13.2 Å². The average Bonchev–Trinajstić information content (AvgIpc) is 3.45. The molecule has 3 atom stereocenters. The summed E-state index contributed by atoms with van der Waals surface area (Å²) in [5.41, 5.74) is 0. The quantitative estimate of drug-likeness (QED) is 0.682. The van der Waals surface area contributed by atoms with Crippen LogP contribution in [0.3, 0.4) is 0 Å². The lowest BCUT2D eigenvalue weighted by Crippen LogP contribution is -2.54. The normalized spacial score (nSPS) is 28.0. The Kier molecular flexibility index (Phi) is 6.77. The van der Waals surface area contributed by atoms with Crippen LogP contribution in [0.2, 0.25) is 0 Å². The topological polar surface area (TPSA) is 47.1 Å². The molecule has 0 spiro atoms. The van der Waals surface area contributed by atoms with Gasteiger partial charge in [-0.1, -0.05) is 0 Å². The second-order valence-electron chi connectivity index (χ2n) is 8.97. The van der Waals surface area contributed by atoms with Crippen molar-refractivity contribution in [1.82, 2.24) is 19.6 Å². The van der Waals surface area contributed by atoms with Crippen LogP contribution >= 0.6 is 0 Å². The van der Waals surface area contributed by atoms with E-state index in [9.17, 15) is 22.8 Å². The molecular weight excluding hydrogens is 385 g/mol. The fraction of sp³-hybridized carbons (Fsp3) is 0.900. The van der Waals surface area contributed by atoms with Gasteiger partial charge in [0.25, 0.3) is 0 Å². The molecule has 2 aliphatic heterocycles. The second-order valence-corrected chi connectivity index (χ2v) is 8.97. The van der Waals surface area contributed by atoms with Crippen molar-refractivity contribution in [2.45, 2.75) is 51.9 Å². The van der Waals surface area contributed by atoms with Crippen LogP contribution in [-0.2, 0) is 9.59 Å². The average molecular weight is 419 g/mol. The highest BCUT2D eigenvalue weighted by molar-refractivity contribution is 5.82. The number of amides is 2. The van der Waals surface area contributed by atoms with Crippen LogP contribution < -0.4 is 0 Å². The third kappa shape index (κ3) is 5.42. The lowest BCUT2D eigenvalue weighted by atomic mass is 10.1. The number of nitrogens with zero attached hydrogens (tertiary/aromatic N) is 4. The monoisotopic (exact) mass is 418 g/mol. The Morgan fingerprint density at radius 1 is 0.862 bits per heavy atom. The molecule has 2 amide bonds. The molecule has 0 aromatic rings. The molecule has 0 N–H and O–H groups in total. The number of rotatable bonds is 5. The Labute approximate surface area is 171 Å². The summed E-state index contributed by atoms with van der Waals surface area (Å²) in [6.45, 7) is 11.0. The largest absolute Gasteiger partial charge is 0.471 e. The molecule has 29 heavy (non-hydrogen) atoms. The molecule has 1 saturated carbocycles. The van der Waals surface area contributed by atoms with Crippen molar-refractivity contribution >= 4 is 11.8 Å². The van der Waals surface area contributed by atoms with Crippen LogP contribution in [-0.4, -0.2) is 102 Å². The van der Waals surface area contributed by atoms with Gasteiger partial charge in [0, 0.05) is 70.4 Å². The van der Waals surface area contributed by atoms with Crippen LogP contribution in [0.25, 0.3) is 0 Å². The summed E-state index contributed by atoms with van der Waals surface area (Å²) in [6, 6.07) is 0.715. The van der Waals surface area contributed by atoms with E-state index in [0.29, 0.717) is 25.0 Å². The summed E-state index contributed by atoms with van der Waals surface area (Å²) in [6.07, 6.45) is -2.99. The van der Waals surface area contributed by atoms with Gasteiger partial charge in [0.2, 0.25) is 5.91 Å². The van der Waals surface area contributed by atoms with E-state index in [-0.39, 0.29) is 31.0 Å². The van der Waals surface area contributed by atoms with Crippen LogP contribution in [0.5, 0.6) is 0 Å². The molecule has 0 aromatic heterocycles. The van der Waals surface area contributed by atoms with Gasteiger partial charge in [-0.15, -0.1) is 0 Å². The number of hydrogen-bond donors (Lipinski definition) is 0. The minimum Gasteiger partial charge on any atom is -0.340 e. The zero-order valence-corrected chi connectivity index (χ0v) is 17.6. The number of halogens is 3. The molecule has 0 radical (unpaired) electrons. The number of carbonyl (C=O) groups excluding carboxylic acids is 2. The Hall–Kier alpha value is -1.35. The van der Waals surface area contributed by atoms with Gasteiger partial charge >= 0.3 is 12.1 Å². The van der Waals surface area contributed by atoms with E-state index >= 15 is 0 Å². The fourth-order valence-electron chi connectivity index (χ4n) is 4.64. The van der Waals surface area contributed by atoms with E-state index in [1.165, 1.54) is 0 Å². The van der Waals surface area contributed by atoms with Crippen molar-refractivity contribution in [1.29, 1.82) is 0 Å². The van der Waals surface area contributed by atoms with Gasteiger partial charge in [-0.3, -0.25) is 19.4 Å². The maximum Gasteiger partial charge on any atom is 0.471 e. The minimum atomic E-state index is -4.80. The van der Waals surface area contributed by atoms with E-state index < -0.39 is 12.1 Å².